The van der Waals surface area contributed by atoms with Crippen LogP contribution in [0.25, 0.3) is 5.82 Å². The molecule has 0 aromatic carbocycles. The first-order chi connectivity index (χ1) is 20.3. The molecule has 234 valence electrons. The van der Waals surface area contributed by atoms with Crippen molar-refractivity contribution in [3.63, 3.8) is 0 Å². The molecule has 2 fully saturated rings. The summed E-state index contributed by atoms with van der Waals surface area (Å²) in [4.78, 5) is 17.5. The van der Waals surface area contributed by atoms with Crippen LogP contribution in [0, 0.1) is 18.3 Å². The Labute approximate surface area is 255 Å². The van der Waals surface area contributed by atoms with Crippen LogP contribution in [0.1, 0.15) is 68.4 Å². The summed E-state index contributed by atoms with van der Waals surface area (Å²) in [6.07, 6.45) is 2.23. The molecule has 2 N–H and O–H groups in total. The van der Waals surface area contributed by atoms with Gasteiger partial charge in [0.15, 0.2) is 16.8 Å². The number of halogens is 4. The SMILES string of the molecule is Cc1nn(CCCC2CNC(C)(C)C2)cc1S(=O)NC(=O)c1ccc(-n2ccc(OCCC3(C(F)(F)F)CC3)n2)nc1Cl. The van der Waals surface area contributed by atoms with Crippen molar-refractivity contribution >= 4 is 28.5 Å². The van der Waals surface area contributed by atoms with E-state index in [9.17, 15) is 22.2 Å². The summed E-state index contributed by atoms with van der Waals surface area (Å²) >= 11 is 6.29. The number of carbonyl (C=O) groups is 1. The average molecular weight is 642 g/mol. The summed E-state index contributed by atoms with van der Waals surface area (Å²) in [6.45, 7) is 7.75. The highest BCUT2D eigenvalue weighted by Crippen LogP contribution is 2.59. The second kappa shape index (κ2) is 12.2. The Hall–Kier alpha value is -2.97. The van der Waals surface area contributed by atoms with Crippen molar-refractivity contribution in [2.45, 2.75) is 82.5 Å². The van der Waals surface area contributed by atoms with Gasteiger partial charge in [-0.3, -0.25) is 14.2 Å². The van der Waals surface area contributed by atoms with E-state index in [1.807, 2.05) is 0 Å². The molecule has 1 saturated heterocycles. The molecule has 0 radical (unpaired) electrons. The van der Waals surface area contributed by atoms with E-state index in [4.69, 9.17) is 16.3 Å². The summed E-state index contributed by atoms with van der Waals surface area (Å²) in [6, 6.07) is 4.42. The standard InChI is InChI=1S/C28H35ClF3N7O3S/c1-18-21(17-38(35-18)12-4-5-19-15-26(2,3)33-16-19)43(41)37-25(40)20-6-7-22(34-24(20)29)39-13-8-23(36-39)42-14-11-27(9-10-27)28(30,31)32/h6-8,13,17,19,33H,4-5,9-12,14-16H2,1-3H3,(H,37,40). The molecule has 2 unspecified atom stereocenters. The maximum Gasteiger partial charge on any atom is 0.394 e. The molecule has 1 aliphatic heterocycles. The highest BCUT2D eigenvalue weighted by atomic mass is 35.5. The fourth-order valence-electron chi connectivity index (χ4n) is 5.43. The maximum atomic E-state index is 13.1. The quantitative estimate of drug-likeness (QED) is 0.263. The van der Waals surface area contributed by atoms with Gasteiger partial charge in [0.25, 0.3) is 5.91 Å². The largest absolute Gasteiger partial charge is 0.477 e. The fourth-order valence-corrected chi connectivity index (χ4v) is 6.58. The van der Waals surface area contributed by atoms with Crippen molar-refractivity contribution < 1.29 is 26.9 Å². The summed E-state index contributed by atoms with van der Waals surface area (Å²) in [5, 5.41) is 12.0. The number of ether oxygens (including phenoxy) is 1. The number of alkyl halides is 3. The molecule has 3 aromatic rings. The van der Waals surface area contributed by atoms with Gasteiger partial charge in [0.1, 0.15) is 10.0 Å². The molecule has 10 nitrogen and oxygen atoms in total. The van der Waals surface area contributed by atoms with Crippen LogP contribution in [0.3, 0.4) is 0 Å². The zero-order valence-electron chi connectivity index (χ0n) is 24.2. The zero-order chi connectivity index (χ0) is 31.0. The average Bonchev–Trinajstić information content (AvgIpc) is 3.23. The Balaban J connectivity index is 1.13. The number of amides is 1. The molecule has 4 heterocycles. The minimum absolute atomic E-state index is 0.0161. The minimum atomic E-state index is -4.23. The molecule has 0 spiro atoms. The summed E-state index contributed by atoms with van der Waals surface area (Å²) in [5.74, 6) is 0.359. The molecule has 2 atom stereocenters. The molecule has 5 rings (SSSR count). The summed E-state index contributed by atoms with van der Waals surface area (Å²) in [7, 11) is -1.86. The highest BCUT2D eigenvalue weighted by Gasteiger charge is 2.62. The van der Waals surface area contributed by atoms with Gasteiger partial charge in [0, 0.05) is 30.5 Å². The van der Waals surface area contributed by atoms with Crippen molar-refractivity contribution in [1.82, 2.24) is 34.6 Å². The number of aryl methyl sites for hydroxylation is 2. The van der Waals surface area contributed by atoms with Gasteiger partial charge >= 0.3 is 6.18 Å². The van der Waals surface area contributed by atoms with Gasteiger partial charge in [0.05, 0.1) is 23.3 Å². The Morgan fingerprint density at radius 2 is 2.02 bits per heavy atom. The molecule has 1 saturated carbocycles. The number of hydrogen-bond donors (Lipinski definition) is 2. The number of carbonyl (C=O) groups excluding carboxylic acids is 1. The number of pyridine rings is 1. The lowest BCUT2D eigenvalue weighted by molar-refractivity contribution is -0.190. The van der Waals surface area contributed by atoms with Crippen molar-refractivity contribution in [1.29, 1.82) is 0 Å². The van der Waals surface area contributed by atoms with Gasteiger partial charge in [-0.25, -0.2) is 13.9 Å². The fraction of sp³-hybridized carbons (Fsp3) is 0.571. The van der Waals surface area contributed by atoms with Crippen molar-refractivity contribution in [3.05, 3.63) is 47.0 Å². The van der Waals surface area contributed by atoms with Crippen molar-refractivity contribution in [3.8, 4) is 11.7 Å². The number of nitrogens with one attached hydrogen (secondary N) is 2. The number of rotatable bonds is 12. The molecule has 3 aromatic heterocycles. The smallest absolute Gasteiger partial charge is 0.394 e. The van der Waals surface area contributed by atoms with E-state index in [1.54, 1.807) is 17.8 Å². The van der Waals surface area contributed by atoms with Crippen LogP contribution in [0.2, 0.25) is 5.15 Å². The van der Waals surface area contributed by atoms with Crippen LogP contribution in [0.5, 0.6) is 5.88 Å². The van der Waals surface area contributed by atoms with E-state index >= 15 is 0 Å². The molecule has 43 heavy (non-hydrogen) atoms. The number of hydrogen-bond acceptors (Lipinski definition) is 7. The third-order valence-electron chi connectivity index (χ3n) is 8.12. The van der Waals surface area contributed by atoms with E-state index in [-0.39, 0.29) is 53.8 Å². The minimum Gasteiger partial charge on any atom is -0.477 e. The Morgan fingerprint density at radius 3 is 2.67 bits per heavy atom. The van der Waals surface area contributed by atoms with E-state index in [2.05, 4.69) is 39.1 Å². The Kier molecular flexibility index (Phi) is 8.92. The molecule has 0 bridgehead atoms. The van der Waals surface area contributed by atoms with Crippen LogP contribution >= 0.6 is 11.6 Å². The maximum absolute atomic E-state index is 13.1. The predicted octanol–water partition coefficient (Wildman–Crippen LogP) is 5.16. The van der Waals surface area contributed by atoms with Gasteiger partial charge in [-0.1, -0.05) is 11.6 Å². The van der Waals surface area contributed by atoms with E-state index in [1.165, 1.54) is 29.1 Å². The lowest BCUT2D eigenvalue weighted by Gasteiger charge is -2.18. The Morgan fingerprint density at radius 1 is 1.26 bits per heavy atom. The van der Waals surface area contributed by atoms with E-state index < -0.39 is 28.5 Å². The van der Waals surface area contributed by atoms with Crippen LogP contribution in [-0.4, -0.2) is 59.5 Å². The van der Waals surface area contributed by atoms with E-state index in [0.717, 1.165) is 25.8 Å². The first-order valence-corrected chi connectivity index (χ1v) is 15.7. The second-order valence-electron chi connectivity index (χ2n) is 12.0. The topological polar surface area (TPSA) is 116 Å². The van der Waals surface area contributed by atoms with Crippen LogP contribution in [0.4, 0.5) is 13.2 Å². The van der Waals surface area contributed by atoms with Crippen LogP contribution < -0.4 is 14.8 Å². The molecular formula is C28H35ClF3N7O3S. The van der Waals surface area contributed by atoms with Gasteiger partial charge in [-0.15, -0.1) is 5.10 Å². The number of nitrogens with zero attached hydrogens (tertiary/aromatic N) is 5. The van der Waals surface area contributed by atoms with Gasteiger partial charge in [0.2, 0.25) is 5.88 Å². The zero-order valence-corrected chi connectivity index (χ0v) is 25.8. The van der Waals surface area contributed by atoms with Crippen molar-refractivity contribution in [2.24, 2.45) is 11.3 Å². The van der Waals surface area contributed by atoms with Gasteiger partial charge in [-0.05, 0) is 83.9 Å². The summed E-state index contributed by atoms with van der Waals surface area (Å²) in [5.41, 5.74) is -0.892. The lowest BCUT2D eigenvalue weighted by Crippen LogP contribution is -2.31. The predicted molar refractivity (Wildman–Crippen MR) is 154 cm³/mol. The van der Waals surface area contributed by atoms with Crippen LogP contribution in [0.15, 0.2) is 35.5 Å². The number of aromatic nitrogens is 5. The summed E-state index contributed by atoms with van der Waals surface area (Å²) < 4.78 is 63.3. The second-order valence-corrected chi connectivity index (χ2v) is 13.5. The first-order valence-electron chi connectivity index (χ1n) is 14.2. The lowest BCUT2D eigenvalue weighted by atomic mass is 9.94. The molecule has 15 heteroatoms. The molecule has 1 aliphatic carbocycles. The molecule has 2 aliphatic rings. The van der Waals surface area contributed by atoms with Gasteiger partial charge in [-0.2, -0.15) is 18.3 Å². The van der Waals surface area contributed by atoms with Crippen LogP contribution in [-0.2, 0) is 17.5 Å². The third-order valence-corrected chi connectivity index (χ3v) is 9.58. The monoisotopic (exact) mass is 641 g/mol. The van der Waals surface area contributed by atoms with Gasteiger partial charge < -0.3 is 10.1 Å². The normalized spacial score (nSPS) is 19.7. The third kappa shape index (κ3) is 7.40. The highest BCUT2D eigenvalue weighted by molar-refractivity contribution is 7.83. The van der Waals surface area contributed by atoms with E-state index in [0.29, 0.717) is 23.1 Å². The Bertz CT molecular complexity index is 1500. The molecular weight excluding hydrogens is 607 g/mol. The van der Waals surface area contributed by atoms with Crippen molar-refractivity contribution in [2.75, 3.05) is 13.2 Å². The first kappa shape index (κ1) is 31.5. The molecule has 1 amide bonds.